The van der Waals surface area contributed by atoms with Gasteiger partial charge >= 0.3 is 0 Å². The first-order chi connectivity index (χ1) is 26.6. The van der Waals surface area contributed by atoms with Crippen molar-refractivity contribution < 1.29 is 20.1 Å². The molecule has 5 nitrogen and oxygen atoms in total. The SMILES string of the molecule is CCCCCCCCCCCCCCCCCCCCCCC(O)C(=O)NC(CO)C(O)CCCCCCCCCCCCCCCCCCCCCC. The van der Waals surface area contributed by atoms with Gasteiger partial charge in [0.15, 0.2) is 0 Å². The average molecular weight is 766 g/mol. The van der Waals surface area contributed by atoms with Gasteiger partial charge in [0.1, 0.15) is 6.10 Å². The molecular formula is C49H99NO4. The van der Waals surface area contributed by atoms with Crippen molar-refractivity contribution in [3.63, 3.8) is 0 Å². The molecule has 0 aliphatic heterocycles. The van der Waals surface area contributed by atoms with E-state index in [1.807, 2.05) is 0 Å². The van der Waals surface area contributed by atoms with Crippen molar-refractivity contribution in [1.29, 1.82) is 0 Å². The summed E-state index contributed by atoms with van der Waals surface area (Å²) in [5.41, 5.74) is 0. The summed E-state index contributed by atoms with van der Waals surface area (Å²) < 4.78 is 0. The van der Waals surface area contributed by atoms with Crippen molar-refractivity contribution in [2.45, 2.75) is 302 Å². The topological polar surface area (TPSA) is 89.8 Å². The fraction of sp³-hybridized carbons (Fsp3) is 0.980. The Balaban J connectivity index is 3.54. The molecule has 5 heteroatoms. The van der Waals surface area contributed by atoms with Crippen LogP contribution in [0.4, 0.5) is 0 Å². The Morgan fingerprint density at radius 2 is 0.593 bits per heavy atom. The first-order valence-electron chi connectivity index (χ1n) is 24.8. The molecule has 0 aliphatic rings. The van der Waals surface area contributed by atoms with Crippen LogP contribution in [0.1, 0.15) is 284 Å². The molecule has 0 saturated heterocycles. The predicted molar refractivity (Wildman–Crippen MR) is 236 cm³/mol. The lowest BCUT2D eigenvalue weighted by molar-refractivity contribution is -0.131. The highest BCUT2D eigenvalue weighted by Gasteiger charge is 2.23. The van der Waals surface area contributed by atoms with Crippen LogP contribution in [-0.2, 0) is 4.79 Å². The van der Waals surface area contributed by atoms with Gasteiger partial charge < -0.3 is 20.6 Å². The van der Waals surface area contributed by atoms with E-state index in [0.29, 0.717) is 12.8 Å². The van der Waals surface area contributed by atoms with Gasteiger partial charge in [-0.3, -0.25) is 4.79 Å². The van der Waals surface area contributed by atoms with Gasteiger partial charge in [0.2, 0.25) is 5.91 Å². The fourth-order valence-corrected chi connectivity index (χ4v) is 8.08. The summed E-state index contributed by atoms with van der Waals surface area (Å²) in [7, 11) is 0. The molecule has 0 aromatic heterocycles. The number of carbonyl (C=O) groups is 1. The van der Waals surface area contributed by atoms with Crippen molar-refractivity contribution in [1.82, 2.24) is 5.32 Å². The van der Waals surface area contributed by atoms with Gasteiger partial charge in [-0.1, -0.05) is 271 Å². The highest BCUT2D eigenvalue weighted by atomic mass is 16.3. The quantitative estimate of drug-likeness (QED) is 0.0465. The smallest absolute Gasteiger partial charge is 0.249 e. The van der Waals surface area contributed by atoms with Crippen molar-refractivity contribution in [3.8, 4) is 0 Å². The van der Waals surface area contributed by atoms with Crippen LogP contribution in [0.15, 0.2) is 0 Å². The Morgan fingerprint density at radius 1 is 0.370 bits per heavy atom. The van der Waals surface area contributed by atoms with Crippen molar-refractivity contribution >= 4 is 5.91 Å². The Morgan fingerprint density at radius 3 is 0.833 bits per heavy atom. The summed E-state index contributed by atoms with van der Waals surface area (Å²) in [6, 6.07) is -0.706. The first-order valence-corrected chi connectivity index (χ1v) is 24.8. The molecule has 0 bridgehead atoms. The van der Waals surface area contributed by atoms with Gasteiger partial charge in [-0.05, 0) is 12.8 Å². The van der Waals surface area contributed by atoms with Crippen molar-refractivity contribution in [2.24, 2.45) is 0 Å². The minimum atomic E-state index is -1.07. The number of aliphatic hydroxyl groups excluding tert-OH is 3. The third-order valence-electron chi connectivity index (χ3n) is 12.0. The summed E-state index contributed by atoms with van der Waals surface area (Å²) >= 11 is 0. The number of aliphatic hydroxyl groups is 3. The predicted octanol–water partition coefficient (Wildman–Crippen LogP) is 14.6. The standard InChI is InChI=1S/C49H99NO4/c1-3-5-7-9-11-13-15-17-19-21-23-25-27-29-31-33-35-37-39-41-43-47(52)46(45-51)50-49(54)48(53)44-42-40-38-36-34-32-30-28-26-24-22-20-18-16-14-12-10-8-6-4-2/h46-48,51-53H,3-45H2,1-2H3,(H,50,54). The third kappa shape index (κ3) is 39.6. The van der Waals surface area contributed by atoms with Crippen LogP contribution in [0.3, 0.4) is 0 Å². The van der Waals surface area contributed by atoms with Crippen LogP contribution in [0.2, 0.25) is 0 Å². The van der Waals surface area contributed by atoms with Gasteiger partial charge in [0.05, 0.1) is 18.8 Å². The summed E-state index contributed by atoms with van der Waals surface area (Å²) in [6.45, 7) is 4.27. The lowest BCUT2D eigenvalue weighted by Crippen LogP contribution is -2.49. The van der Waals surface area contributed by atoms with Gasteiger partial charge in [-0.2, -0.15) is 0 Å². The van der Waals surface area contributed by atoms with E-state index in [4.69, 9.17) is 0 Å². The second-order valence-electron chi connectivity index (χ2n) is 17.4. The monoisotopic (exact) mass is 766 g/mol. The maximum Gasteiger partial charge on any atom is 0.249 e. The number of hydrogen-bond donors (Lipinski definition) is 4. The second-order valence-corrected chi connectivity index (χ2v) is 17.4. The van der Waals surface area contributed by atoms with E-state index < -0.39 is 24.2 Å². The minimum absolute atomic E-state index is 0.307. The van der Waals surface area contributed by atoms with Crippen molar-refractivity contribution in [3.05, 3.63) is 0 Å². The van der Waals surface area contributed by atoms with Crippen LogP contribution in [0.5, 0.6) is 0 Å². The molecule has 0 fully saturated rings. The molecule has 54 heavy (non-hydrogen) atoms. The highest BCUT2D eigenvalue weighted by molar-refractivity contribution is 5.80. The molecule has 0 saturated carbocycles. The number of amides is 1. The van der Waals surface area contributed by atoms with E-state index >= 15 is 0 Å². The Labute approximate surface area is 338 Å². The number of unbranched alkanes of at least 4 members (excludes halogenated alkanes) is 38. The van der Waals surface area contributed by atoms with Gasteiger partial charge in [0.25, 0.3) is 0 Å². The molecule has 0 spiro atoms. The lowest BCUT2D eigenvalue weighted by atomic mass is 10.0. The number of carbonyl (C=O) groups excluding carboxylic acids is 1. The normalized spacial score (nSPS) is 13.4. The number of nitrogens with one attached hydrogen (secondary N) is 1. The largest absolute Gasteiger partial charge is 0.394 e. The second kappa shape index (κ2) is 45.1. The zero-order valence-corrected chi connectivity index (χ0v) is 36.9. The molecule has 0 aromatic carbocycles. The van der Waals surface area contributed by atoms with E-state index in [0.717, 1.165) is 32.1 Å². The summed E-state index contributed by atoms with van der Waals surface area (Å²) in [4.78, 5) is 12.5. The van der Waals surface area contributed by atoms with Gasteiger partial charge in [-0.25, -0.2) is 0 Å². The van der Waals surface area contributed by atoms with E-state index in [2.05, 4.69) is 19.2 Å². The number of hydrogen-bond acceptors (Lipinski definition) is 4. The van der Waals surface area contributed by atoms with E-state index in [1.54, 1.807) is 0 Å². The van der Waals surface area contributed by atoms with E-state index in [9.17, 15) is 20.1 Å². The fourth-order valence-electron chi connectivity index (χ4n) is 8.08. The molecule has 4 N–H and O–H groups in total. The van der Waals surface area contributed by atoms with Gasteiger partial charge in [0, 0.05) is 0 Å². The molecule has 0 aliphatic carbocycles. The summed E-state index contributed by atoms with van der Waals surface area (Å²) in [5.74, 6) is -0.464. The lowest BCUT2D eigenvalue weighted by Gasteiger charge is -2.23. The zero-order chi connectivity index (χ0) is 39.4. The van der Waals surface area contributed by atoms with Crippen molar-refractivity contribution in [2.75, 3.05) is 6.61 Å². The highest BCUT2D eigenvalue weighted by Crippen LogP contribution is 2.18. The van der Waals surface area contributed by atoms with Gasteiger partial charge in [-0.15, -0.1) is 0 Å². The van der Waals surface area contributed by atoms with Crippen LogP contribution in [-0.4, -0.2) is 46.1 Å². The van der Waals surface area contributed by atoms with E-state index in [-0.39, 0.29) is 6.61 Å². The molecule has 324 valence electrons. The zero-order valence-electron chi connectivity index (χ0n) is 36.9. The van der Waals surface area contributed by atoms with Crippen LogP contribution >= 0.6 is 0 Å². The molecule has 3 atom stereocenters. The molecule has 0 radical (unpaired) electrons. The number of rotatable bonds is 46. The molecule has 0 heterocycles. The summed E-state index contributed by atoms with van der Waals surface area (Å²) in [5, 5.41) is 33.4. The molecule has 3 unspecified atom stereocenters. The molecular weight excluding hydrogens is 667 g/mol. The summed E-state index contributed by atoms with van der Waals surface area (Å²) in [6.07, 6.45) is 52.6. The van der Waals surface area contributed by atoms with Crippen LogP contribution in [0.25, 0.3) is 0 Å². The third-order valence-corrected chi connectivity index (χ3v) is 12.0. The van der Waals surface area contributed by atoms with Crippen LogP contribution in [0, 0.1) is 0 Å². The van der Waals surface area contributed by atoms with E-state index in [1.165, 1.54) is 225 Å². The Hall–Kier alpha value is -0.650. The first kappa shape index (κ1) is 53.4. The Bertz CT molecular complexity index is 718. The van der Waals surface area contributed by atoms with Crippen LogP contribution < -0.4 is 5.32 Å². The minimum Gasteiger partial charge on any atom is -0.394 e. The maximum atomic E-state index is 12.5. The molecule has 0 aromatic rings. The molecule has 1 amide bonds. The maximum absolute atomic E-state index is 12.5. The average Bonchev–Trinajstić information content (AvgIpc) is 3.18. The Kier molecular flexibility index (Phi) is 44.5. The molecule has 0 rings (SSSR count).